The third-order valence-corrected chi connectivity index (χ3v) is 3.70. The Morgan fingerprint density at radius 1 is 1.00 bits per heavy atom. The minimum Gasteiger partial charge on any atom is -0.507 e. The maximum Gasteiger partial charge on any atom is 0.123 e. The number of hydrogen-bond acceptors (Lipinski definition) is 1. The maximum atomic E-state index is 10.0. The Labute approximate surface area is 106 Å². The highest BCUT2D eigenvalue weighted by molar-refractivity contribution is 6.13. The van der Waals surface area contributed by atoms with Crippen LogP contribution in [0.1, 0.15) is 19.4 Å². The largest absolute Gasteiger partial charge is 0.507 e. The Morgan fingerprint density at radius 2 is 1.78 bits per heavy atom. The average molecular weight is 236 g/mol. The van der Waals surface area contributed by atoms with E-state index in [4.69, 9.17) is 0 Å². The summed E-state index contributed by atoms with van der Waals surface area (Å²) in [5, 5.41) is 15.9. The van der Waals surface area contributed by atoms with E-state index >= 15 is 0 Å². The van der Waals surface area contributed by atoms with Crippen LogP contribution in [0.3, 0.4) is 0 Å². The van der Waals surface area contributed by atoms with Crippen LogP contribution < -0.4 is 5.22 Å². The van der Waals surface area contributed by atoms with Gasteiger partial charge in [0.25, 0.3) is 0 Å². The predicted molar refractivity (Wildman–Crippen MR) is 77.9 cm³/mol. The van der Waals surface area contributed by atoms with Crippen molar-refractivity contribution < 1.29 is 5.11 Å². The molecule has 3 rings (SSSR count). The van der Waals surface area contributed by atoms with E-state index in [1.807, 2.05) is 12.1 Å². The van der Waals surface area contributed by atoms with Gasteiger partial charge in [0.15, 0.2) is 0 Å². The molecule has 0 spiro atoms. The molecule has 90 valence electrons. The van der Waals surface area contributed by atoms with E-state index in [2.05, 4.69) is 38.1 Å². The van der Waals surface area contributed by atoms with Crippen LogP contribution in [0.2, 0.25) is 0 Å². The summed E-state index contributed by atoms with van der Waals surface area (Å²) < 4.78 is 0. The zero-order valence-corrected chi connectivity index (χ0v) is 10.7. The molecule has 0 aromatic heterocycles. The highest BCUT2D eigenvalue weighted by atomic mass is 16.3. The number of aryl methyl sites for hydroxylation is 1. The van der Waals surface area contributed by atoms with Gasteiger partial charge in [0, 0.05) is 10.8 Å². The first-order chi connectivity index (χ1) is 8.76. The first-order valence-corrected chi connectivity index (χ1v) is 6.38. The molecule has 3 aromatic rings. The van der Waals surface area contributed by atoms with Crippen LogP contribution in [0, 0.1) is 0 Å². The third-order valence-electron chi connectivity index (χ3n) is 3.70. The zero-order valence-electron chi connectivity index (χ0n) is 10.7. The highest BCUT2D eigenvalue weighted by Crippen LogP contribution is 2.32. The van der Waals surface area contributed by atoms with Crippen LogP contribution in [0.15, 0.2) is 36.4 Å². The standard InChI is InChI=1S/C17H16O/c1-3-11-5-6-13-8-10-15(18)14-9-7-12(4-2)16(11)17(13)14/h4-10,18H,3H2,1-2H3/b12-4+. The molecular weight excluding hydrogens is 220 g/mol. The Morgan fingerprint density at radius 3 is 2.50 bits per heavy atom. The number of phenolic OH excluding ortho intramolecular Hbond substituents is 1. The van der Waals surface area contributed by atoms with Crippen LogP contribution in [0.4, 0.5) is 0 Å². The Balaban J connectivity index is 2.70. The van der Waals surface area contributed by atoms with Gasteiger partial charge in [-0.2, -0.15) is 0 Å². The molecule has 0 fully saturated rings. The molecule has 1 nitrogen and oxygen atoms in total. The fourth-order valence-corrected chi connectivity index (χ4v) is 2.77. The van der Waals surface area contributed by atoms with Gasteiger partial charge < -0.3 is 5.11 Å². The summed E-state index contributed by atoms with van der Waals surface area (Å²) in [5.41, 5.74) is 1.34. The lowest BCUT2D eigenvalue weighted by Crippen LogP contribution is -2.04. The second-order valence-corrected chi connectivity index (χ2v) is 4.63. The van der Waals surface area contributed by atoms with Crippen molar-refractivity contribution in [1.82, 2.24) is 0 Å². The minimum atomic E-state index is 0.364. The quantitative estimate of drug-likeness (QED) is 0.681. The van der Waals surface area contributed by atoms with Crippen molar-refractivity contribution in [2.75, 3.05) is 0 Å². The van der Waals surface area contributed by atoms with E-state index in [1.54, 1.807) is 6.07 Å². The molecule has 0 bridgehead atoms. The summed E-state index contributed by atoms with van der Waals surface area (Å²) >= 11 is 0. The number of benzene rings is 3. The van der Waals surface area contributed by atoms with E-state index in [0.717, 1.165) is 11.8 Å². The van der Waals surface area contributed by atoms with E-state index in [-0.39, 0.29) is 0 Å². The van der Waals surface area contributed by atoms with Crippen molar-refractivity contribution in [3.05, 3.63) is 47.2 Å². The SMILES string of the molecule is C/C=c1\ccc2c(O)ccc3ccc(CC)c1c32. The van der Waals surface area contributed by atoms with Crippen molar-refractivity contribution in [3.8, 4) is 5.75 Å². The lowest BCUT2D eigenvalue weighted by molar-refractivity contribution is 0.482. The third kappa shape index (κ3) is 1.40. The zero-order chi connectivity index (χ0) is 12.7. The highest BCUT2D eigenvalue weighted by Gasteiger charge is 2.09. The molecule has 0 aliphatic heterocycles. The molecule has 0 aliphatic carbocycles. The average Bonchev–Trinajstić information content (AvgIpc) is 2.42. The summed E-state index contributed by atoms with van der Waals surface area (Å²) in [6.07, 6.45) is 3.14. The molecule has 1 heteroatoms. The molecule has 0 saturated heterocycles. The topological polar surface area (TPSA) is 20.2 Å². The van der Waals surface area contributed by atoms with Gasteiger partial charge in [-0.25, -0.2) is 0 Å². The van der Waals surface area contributed by atoms with Gasteiger partial charge in [-0.15, -0.1) is 0 Å². The molecule has 0 heterocycles. The fourth-order valence-electron chi connectivity index (χ4n) is 2.77. The molecule has 0 saturated carbocycles. The van der Waals surface area contributed by atoms with Crippen LogP contribution in [0.5, 0.6) is 5.75 Å². The number of phenols is 1. The predicted octanol–water partition coefficient (Wildman–Crippen LogP) is 3.78. The van der Waals surface area contributed by atoms with Gasteiger partial charge >= 0.3 is 0 Å². The Bertz CT molecular complexity index is 784. The maximum absolute atomic E-state index is 10.0. The normalized spacial score (nSPS) is 12.7. The van der Waals surface area contributed by atoms with Crippen molar-refractivity contribution in [2.45, 2.75) is 20.3 Å². The van der Waals surface area contributed by atoms with Crippen molar-refractivity contribution in [1.29, 1.82) is 0 Å². The van der Waals surface area contributed by atoms with Gasteiger partial charge in [0.1, 0.15) is 5.75 Å². The minimum absolute atomic E-state index is 0.364. The number of hydrogen-bond donors (Lipinski definition) is 1. The first kappa shape index (κ1) is 11.1. The van der Waals surface area contributed by atoms with Crippen molar-refractivity contribution in [3.63, 3.8) is 0 Å². The molecule has 3 aromatic carbocycles. The molecular formula is C17H16O. The van der Waals surface area contributed by atoms with Crippen LogP contribution in [-0.4, -0.2) is 5.11 Å². The number of rotatable bonds is 1. The molecule has 18 heavy (non-hydrogen) atoms. The lowest BCUT2D eigenvalue weighted by atomic mass is 9.93. The monoisotopic (exact) mass is 236 g/mol. The Kier molecular flexibility index (Phi) is 2.48. The second-order valence-electron chi connectivity index (χ2n) is 4.63. The summed E-state index contributed by atoms with van der Waals surface area (Å²) in [7, 11) is 0. The number of aromatic hydroxyl groups is 1. The van der Waals surface area contributed by atoms with Gasteiger partial charge in [0.2, 0.25) is 0 Å². The van der Waals surface area contributed by atoms with Crippen LogP contribution >= 0.6 is 0 Å². The van der Waals surface area contributed by atoms with Gasteiger partial charge in [-0.3, -0.25) is 0 Å². The van der Waals surface area contributed by atoms with Crippen LogP contribution in [0.25, 0.3) is 27.6 Å². The molecule has 0 unspecified atom stereocenters. The molecule has 0 radical (unpaired) electrons. The summed E-state index contributed by atoms with van der Waals surface area (Å²) in [6, 6.07) is 12.2. The van der Waals surface area contributed by atoms with Crippen molar-refractivity contribution in [2.24, 2.45) is 0 Å². The molecule has 0 aliphatic rings. The fraction of sp³-hybridized carbons (Fsp3) is 0.176. The van der Waals surface area contributed by atoms with E-state index in [1.165, 1.54) is 26.9 Å². The molecule has 0 amide bonds. The Hall–Kier alpha value is -2.02. The molecule has 1 N–H and O–H groups in total. The lowest BCUT2D eigenvalue weighted by Gasteiger charge is -2.11. The van der Waals surface area contributed by atoms with E-state index < -0.39 is 0 Å². The van der Waals surface area contributed by atoms with E-state index in [0.29, 0.717) is 5.75 Å². The summed E-state index contributed by atoms with van der Waals surface area (Å²) in [5.74, 6) is 0.364. The van der Waals surface area contributed by atoms with E-state index in [9.17, 15) is 5.11 Å². The van der Waals surface area contributed by atoms with Gasteiger partial charge in [0.05, 0.1) is 0 Å². The summed E-state index contributed by atoms with van der Waals surface area (Å²) in [4.78, 5) is 0. The van der Waals surface area contributed by atoms with Crippen molar-refractivity contribution >= 4 is 27.6 Å². The summed E-state index contributed by atoms with van der Waals surface area (Å²) in [6.45, 7) is 4.23. The van der Waals surface area contributed by atoms with Crippen LogP contribution in [-0.2, 0) is 6.42 Å². The second kappa shape index (κ2) is 4.02. The van der Waals surface area contributed by atoms with Gasteiger partial charge in [-0.05, 0) is 41.0 Å². The molecule has 0 atom stereocenters. The smallest absolute Gasteiger partial charge is 0.123 e. The van der Waals surface area contributed by atoms with Gasteiger partial charge in [-0.1, -0.05) is 43.3 Å². The first-order valence-electron chi connectivity index (χ1n) is 6.38.